The Morgan fingerprint density at radius 3 is 2.57 bits per heavy atom. The van der Waals surface area contributed by atoms with Crippen LogP contribution in [0.5, 0.6) is 5.75 Å². The van der Waals surface area contributed by atoms with Gasteiger partial charge in [0.2, 0.25) is 0 Å². The number of amides is 2. The van der Waals surface area contributed by atoms with Gasteiger partial charge in [0.05, 0.1) is 4.91 Å². The highest BCUT2D eigenvalue weighted by molar-refractivity contribution is 8.18. The van der Waals surface area contributed by atoms with E-state index >= 15 is 0 Å². The molecule has 116 valence electrons. The van der Waals surface area contributed by atoms with Gasteiger partial charge in [-0.3, -0.25) is 14.9 Å². The van der Waals surface area contributed by atoms with E-state index in [9.17, 15) is 9.59 Å². The second kappa shape index (κ2) is 6.71. The molecule has 0 unspecified atom stereocenters. The number of nitrogens with one attached hydrogen (secondary N) is 1. The van der Waals surface area contributed by atoms with Gasteiger partial charge in [0.15, 0.2) is 0 Å². The first-order chi connectivity index (χ1) is 11.1. The second-order valence-corrected chi connectivity index (χ2v) is 6.21. The van der Waals surface area contributed by atoms with E-state index in [-0.39, 0.29) is 11.1 Å². The summed E-state index contributed by atoms with van der Waals surface area (Å²) in [6.07, 6.45) is 1.69. The van der Waals surface area contributed by atoms with Crippen LogP contribution in [0.4, 0.5) is 4.79 Å². The molecule has 2 aromatic rings. The normalized spacial score (nSPS) is 15.8. The fourth-order valence-electron chi connectivity index (χ4n) is 2.20. The molecule has 4 nitrogen and oxygen atoms in total. The Bertz CT molecular complexity index is 781. The zero-order chi connectivity index (χ0) is 16.2. The number of imide groups is 1. The Kier molecular flexibility index (Phi) is 4.48. The average molecular weight is 325 g/mol. The zero-order valence-electron chi connectivity index (χ0n) is 12.5. The average Bonchev–Trinajstić information content (AvgIpc) is 2.84. The summed E-state index contributed by atoms with van der Waals surface area (Å²) in [7, 11) is 0. The summed E-state index contributed by atoms with van der Waals surface area (Å²) < 4.78 is 5.75. The molecule has 0 bridgehead atoms. The lowest BCUT2D eigenvalue weighted by molar-refractivity contribution is -0.115. The molecule has 1 saturated heterocycles. The molecule has 1 aliphatic rings. The van der Waals surface area contributed by atoms with Gasteiger partial charge in [-0.15, -0.1) is 0 Å². The van der Waals surface area contributed by atoms with Crippen LogP contribution in [0, 0.1) is 6.92 Å². The predicted octanol–water partition coefficient (Wildman–Crippen LogP) is 3.90. The SMILES string of the molecule is Cc1cccc(COc2ccc(C=C3SC(=O)NC3=O)cc2)c1. The van der Waals surface area contributed by atoms with Crippen molar-refractivity contribution < 1.29 is 14.3 Å². The van der Waals surface area contributed by atoms with Crippen LogP contribution in [-0.2, 0) is 11.4 Å². The quantitative estimate of drug-likeness (QED) is 0.866. The number of rotatable bonds is 4. The smallest absolute Gasteiger partial charge is 0.290 e. The number of ether oxygens (including phenoxy) is 1. The van der Waals surface area contributed by atoms with Crippen LogP contribution in [0.25, 0.3) is 6.08 Å². The standard InChI is InChI=1S/C18H15NO3S/c1-12-3-2-4-14(9-12)11-22-15-7-5-13(6-8-15)10-16-17(20)19-18(21)23-16/h2-10H,11H2,1H3,(H,19,20,21). The van der Waals surface area contributed by atoms with Gasteiger partial charge in [0.25, 0.3) is 11.1 Å². The van der Waals surface area contributed by atoms with Crippen molar-refractivity contribution in [2.75, 3.05) is 0 Å². The third-order valence-corrected chi connectivity index (χ3v) is 4.12. The van der Waals surface area contributed by atoms with Crippen LogP contribution in [-0.4, -0.2) is 11.1 Å². The number of hydrogen-bond donors (Lipinski definition) is 1. The van der Waals surface area contributed by atoms with Gasteiger partial charge in [0, 0.05) is 0 Å². The van der Waals surface area contributed by atoms with E-state index in [0.717, 1.165) is 28.6 Å². The van der Waals surface area contributed by atoms with Gasteiger partial charge in [0.1, 0.15) is 12.4 Å². The molecule has 0 radical (unpaired) electrons. The molecule has 1 fully saturated rings. The van der Waals surface area contributed by atoms with Gasteiger partial charge < -0.3 is 4.74 Å². The van der Waals surface area contributed by atoms with E-state index in [0.29, 0.717) is 11.5 Å². The molecule has 5 heteroatoms. The highest BCUT2D eigenvalue weighted by atomic mass is 32.2. The van der Waals surface area contributed by atoms with Crippen LogP contribution < -0.4 is 10.1 Å². The van der Waals surface area contributed by atoms with Crippen molar-refractivity contribution in [3.05, 3.63) is 70.1 Å². The molecular formula is C18H15NO3S. The van der Waals surface area contributed by atoms with Crippen molar-refractivity contribution in [1.82, 2.24) is 5.32 Å². The summed E-state index contributed by atoms with van der Waals surface area (Å²) in [4.78, 5) is 23.0. The second-order valence-electron chi connectivity index (χ2n) is 5.20. The van der Waals surface area contributed by atoms with Gasteiger partial charge >= 0.3 is 0 Å². The largest absolute Gasteiger partial charge is 0.489 e. The molecule has 0 spiro atoms. The van der Waals surface area contributed by atoms with E-state index in [2.05, 4.69) is 11.4 Å². The Hall–Kier alpha value is -2.53. The number of hydrogen-bond acceptors (Lipinski definition) is 4. The number of carbonyl (C=O) groups excluding carboxylic acids is 2. The summed E-state index contributed by atoms with van der Waals surface area (Å²) in [6.45, 7) is 2.56. The third-order valence-electron chi connectivity index (χ3n) is 3.31. The van der Waals surface area contributed by atoms with Crippen molar-refractivity contribution in [3.8, 4) is 5.75 Å². The molecule has 1 aliphatic heterocycles. The summed E-state index contributed by atoms with van der Waals surface area (Å²) in [5.41, 5.74) is 3.17. The lowest BCUT2D eigenvalue weighted by Crippen LogP contribution is -2.17. The predicted molar refractivity (Wildman–Crippen MR) is 91.1 cm³/mol. The van der Waals surface area contributed by atoms with Crippen LogP contribution in [0.2, 0.25) is 0 Å². The number of aryl methyl sites for hydroxylation is 1. The van der Waals surface area contributed by atoms with Crippen LogP contribution in [0.15, 0.2) is 53.4 Å². The fourth-order valence-corrected chi connectivity index (χ4v) is 2.88. The van der Waals surface area contributed by atoms with Crippen molar-refractivity contribution in [2.45, 2.75) is 13.5 Å². The summed E-state index contributed by atoms with van der Waals surface area (Å²) >= 11 is 0.912. The Morgan fingerprint density at radius 2 is 1.91 bits per heavy atom. The maximum atomic E-state index is 11.5. The van der Waals surface area contributed by atoms with E-state index in [4.69, 9.17) is 4.74 Å². The minimum absolute atomic E-state index is 0.334. The van der Waals surface area contributed by atoms with E-state index in [1.54, 1.807) is 6.08 Å². The number of benzene rings is 2. The van der Waals surface area contributed by atoms with Crippen molar-refractivity contribution in [2.24, 2.45) is 0 Å². The van der Waals surface area contributed by atoms with Crippen LogP contribution in [0.3, 0.4) is 0 Å². The first kappa shape index (κ1) is 15.4. The zero-order valence-corrected chi connectivity index (χ0v) is 13.4. The molecule has 3 rings (SSSR count). The molecule has 23 heavy (non-hydrogen) atoms. The van der Waals surface area contributed by atoms with Crippen molar-refractivity contribution >= 4 is 29.0 Å². The first-order valence-corrected chi connectivity index (χ1v) is 7.95. The van der Waals surface area contributed by atoms with Crippen molar-refractivity contribution in [3.63, 3.8) is 0 Å². The lowest BCUT2D eigenvalue weighted by atomic mass is 10.1. The minimum atomic E-state index is -0.347. The molecule has 0 aliphatic carbocycles. The van der Waals surface area contributed by atoms with Gasteiger partial charge in [-0.05, 0) is 48.0 Å². The van der Waals surface area contributed by atoms with E-state index in [1.807, 2.05) is 49.4 Å². The molecule has 0 aromatic heterocycles. The molecule has 2 amide bonds. The summed E-state index contributed by atoms with van der Waals surface area (Å²) in [5.74, 6) is 0.410. The van der Waals surface area contributed by atoms with Crippen LogP contribution >= 0.6 is 11.8 Å². The monoisotopic (exact) mass is 325 g/mol. The Morgan fingerprint density at radius 1 is 1.13 bits per heavy atom. The molecule has 0 saturated carbocycles. The first-order valence-electron chi connectivity index (χ1n) is 7.13. The fraction of sp³-hybridized carbons (Fsp3) is 0.111. The Balaban J connectivity index is 1.64. The Labute approximate surface area is 138 Å². The molecule has 1 heterocycles. The topological polar surface area (TPSA) is 55.4 Å². The molecular weight excluding hydrogens is 310 g/mol. The highest BCUT2D eigenvalue weighted by Gasteiger charge is 2.24. The van der Waals surface area contributed by atoms with E-state index < -0.39 is 0 Å². The minimum Gasteiger partial charge on any atom is -0.489 e. The van der Waals surface area contributed by atoms with Gasteiger partial charge in [-0.2, -0.15) is 0 Å². The lowest BCUT2D eigenvalue weighted by Gasteiger charge is -2.07. The highest BCUT2D eigenvalue weighted by Crippen LogP contribution is 2.26. The summed E-state index contributed by atoms with van der Waals surface area (Å²) in [5, 5.41) is 1.90. The molecule has 2 aromatic carbocycles. The van der Waals surface area contributed by atoms with Gasteiger partial charge in [-0.1, -0.05) is 42.0 Å². The maximum Gasteiger partial charge on any atom is 0.290 e. The third kappa shape index (κ3) is 4.02. The van der Waals surface area contributed by atoms with E-state index in [1.165, 1.54) is 5.56 Å². The summed E-state index contributed by atoms with van der Waals surface area (Å²) in [6, 6.07) is 15.6. The number of carbonyl (C=O) groups is 2. The van der Waals surface area contributed by atoms with Gasteiger partial charge in [-0.25, -0.2) is 0 Å². The van der Waals surface area contributed by atoms with Crippen molar-refractivity contribution in [1.29, 1.82) is 0 Å². The maximum absolute atomic E-state index is 11.5. The van der Waals surface area contributed by atoms with Crippen LogP contribution in [0.1, 0.15) is 16.7 Å². The number of thioether (sulfide) groups is 1. The molecule has 1 N–H and O–H groups in total. The molecule has 0 atom stereocenters.